The second kappa shape index (κ2) is 10.5. The van der Waals surface area contributed by atoms with E-state index in [1.165, 1.54) is 24.0 Å². The molecule has 224 valence electrons. The summed E-state index contributed by atoms with van der Waals surface area (Å²) in [6.07, 6.45) is -8.78. The van der Waals surface area contributed by atoms with E-state index in [1.807, 2.05) is 0 Å². The van der Waals surface area contributed by atoms with Crippen molar-refractivity contribution in [1.82, 2.24) is 24.5 Å². The van der Waals surface area contributed by atoms with Crippen LogP contribution < -0.4 is 0 Å². The van der Waals surface area contributed by atoms with Gasteiger partial charge in [0.05, 0.1) is 35.7 Å². The van der Waals surface area contributed by atoms with Crippen LogP contribution in [0.15, 0.2) is 42.7 Å². The molecular formula is C27H20F6N6O4. The van der Waals surface area contributed by atoms with E-state index in [0.29, 0.717) is 0 Å². The first-order valence-corrected chi connectivity index (χ1v) is 12.7. The molecule has 2 aliphatic heterocycles. The van der Waals surface area contributed by atoms with Gasteiger partial charge in [-0.05, 0) is 42.8 Å². The summed E-state index contributed by atoms with van der Waals surface area (Å²) in [5.74, 6) is -4.74. The molecule has 43 heavy (non-hydrogen) atoms. The Bertz CT molecular complexity index is 1730. The number of aromatic nitrogens is 5. The van der Waals surface area contributed by atoms with Crippen LogP contribution in [-0.2, 0) is 15.7 Å². The standard InChI is InChI=1S/C27H20F6N6O4/c1-11-36-26(39(37-11)18-4-12(7-34)2-3-15(18)27(31,32)33)25-22(41)21(24-23(43-25)19(40)10-42-24)38-9-14(8-35-38)13-5-16(28)20(30)17(29)6-13/h2-6,8-9,19,21-25,40-41H,10H2,1H3/t19?,21?,22?,23?,24-,25-/m1/s1. The summed E-state index contributed by atoms with van der Waals surface area (Å²) in [5.41, 5.74) is -1.68. The van der Waals surface area contributed by atoms with Gasteiger partial charge in [-0.2, -0.15) is 28.6 Å². The molecule has 16 heteroatoms. The van der Waals surface area contributed by atoms with E-state index < -0.39 is 71.4 Å². The largest absolute Gasteiger partial charge is 0.418 e. The number of halogens is 6. The van der Waals surface area contributed by atoms with E-state index in [-0.39, 0.29) is 34.9 Å². The van der Waals surface area contributed by atoms with Gasteiger partial charge in [-0.15, -0.1) is 0 Å². The minimum Gasteiger partial charge on any atom is -0.388 e. The SMILES string of the molecule is Cc1nc([C@@H]2OC3C(O)CO[C@@H]3C(n3cc(-c4cc(F)c(F)c(F)c4)cn3)C2O)n(-c2cc(C#N)ccc2C(F)(F)F)n1. The maximum Gasteiger partial charge on any atom is 0.418 e. The maximum absolute atomic E-state index is 14.0. The number of aliphatic hydroxyl groups excluding tert-OH is 2. The Labute approximate surface area is 238 Å². The average Bonchev–Trinajstić information content (AvgIpc) is 3.69. The van der Waals surface area contributed by atoms with Crippen LogP contribution >= 0.6 is 0 Å². The molecule has 2 N–H and O–H groups in total. The summed E-state index contributed by atoms with van der Waals surface area (Å²) in [7, 11) is 0. The molecule has 10 nitrogen and oxygen atoms in total. The number of ether oxygens (including phenoxy) is 2. The van der Waals surface area contributed by atoms with Gasteiger partial charge < -0.3 is 19.7 Å². The van der Waals surface area contributed by atoms with Crippen molar-refractivity contribution in [3.05, 3.63) is 83.0 Å². The Morgan fingerprint density at radius 1 is 1.05 bits per heavy atom. The Balaban J connectivity index is 1.44. The van der Waals surface area contributed by atoms with E-state index in [2.05, 4.69) is 15.2 Å². The smallest absolute Gasteiger partial charge is 0.388 e. The summed E-state index contributed by atoms with van der Waals surface area (Å²) >= 11 is 0. The molecule has 2 aromatic carbocycles. The third-order valence-corrected chi connectivity index (χ3v) is 7.34. The number of benzene rings is 2. The molecule has 0 spiro atoms. The highest BCUT2D eigenvalue weighted by Gasteiger charge is 2.54. The van der Waals surface area contributed by atoms with Crippen LogP contribution in [0.4, 0.5) is 26.3 Å². The Morgan fingerprint density at radius 2 is 1.77 bits per heavy atom. The van der Waals surface area contributed by atoms with E-state index in [4.69, 9.17) is 9.47 Å². The first-order valence-electron chi connectivity index (χ1n) is 12.7. The molecule has 2 aliphatic rings. The van der Waals surface area contributed by atoms with Crippen molar-refractivity contribution in [3.8, 4) is 22.9 Å². The van der Waals surface area contributed by atoms with Crippen LogP contribution in [0, 0.1) is 35.7 Å². The van der Waals surface area contributed by atoms with Gasteiger partial charge in [-0.1, -0.05) is 0 Å². The van der Waals surface area contributed by atoms with Gasteiger partial charge in [-0.25, -0.2) is 22.8 Å². The van der Waals surface area contributed by atoms with E-state index >= 15 is 0 Å². The number of nitriles is 1. The van der Waals surface area contributed by atoms with Crippen molar-refractivity contribution in [1.29, 1.82) is 5.26 Å². The molecule has 4 aromatic rings. The molecular weight excluding hydrogens is 586 g/mol. The van der Waals surface area contributed by atoms with Crippen LogP contribution in [0.5, 0.6) is 0 Å². The number of aliphatic hydroxyl groups is 2. The first-order chi connectivity index (χ1) is 20.4. The quantitative estimate of drug-likeness (QED) is 0.267. The molecule has 0 radical (unpaired) electrons. The lowest BCUT2D eigenvalue weighted by atomic mass is 9.91. The lowest BCUT2D eigenvalue weighted by molar-refractivity contribution is -0.196. The normalized spacial score (nSPS) is 25.5. The highest BCUT2D eigenvalue weighted by Crippen LogP contribution is 2.44. The van der Waals surface area contributed by atoms with Crippen molar-refractivity contribution in [2.24, 2.45) is 0 Å². The van der Waals surface area contributed by atoms with Gasteiger partial charge in [-0.3, -0.25) is 4.68 Å². The number of aryl methyl sites for hydroxylation is 1. The molecule has 0 aliphatic carbocycles. The number of nitrogens with zero attached hydrogens (tertiary/aromatic N) is 6. The van der Waals surface area contributed by atoms with Crippen molar-refractivity contribution in [2.75, 3.05) is 6.61 Å². The lowest BCUT2D eigenvalue weighted by Gasteiger charge is -2.41. The van der Waals surface area contributed by atoms with Gasteiger partial charge in [0.2, 0.25) is 0 Å². The van der Waals surface area contributed by atoms with Crippen molar-refractivity contribution in [2.45, 2.75) is 49.7 Å². The lowest BCUT2D eigenvalue weighted by Crippen LogP contribution is -2.52. The Morgan fingerprint density at radius 3 is 2.44 bits per heavy atom. The average molecular weight is 606 g/mol. The second-order valence-electron chi connectivity index (χ2n) is 10.1. The topological polar surface area (TPSA) is 131 Å². The number of fused-ring (bicyclic) bond motifs is 1. The minimum atomic E-state index is -4.85. The number of hydrogen-bond donors (Lipinski definition) is 2. The zero-order valence-electron chi connectivity index (χ0n) is 21.9. The van der Waals surface area contributed by atoms with Gasteiger partial charge in [0.15, 0.2) is 23.3 Å². The summed E-state index contributed by atoms with van der Waals surface area (Å²) in [6, 6.07) is 4.87. The molecule has 6 rings (SSSR count). The summed E-state index contributed by atoms with van der Waals surface area (Å²) in [5, 5.41) is 39.8. The monoisotopic (exact) mass is 606 g/mol. The predicted molar refractivity (Wildman–Crippen MR) is 132 cm³/mol. The minimum absolute atomic E-state index is 0.0184. The Hall–Kier alpha value is -4.30. The first kappa shape index (κ1) is 28.8. The second-order valence-corrected chi connectivity index (χ2v) is 10.1. The molecule has 2 aromatic heterocycles. The zero-order chi connectivity index (χ0) is 30.8. The molecule has 0 amide bonds. The van der Waals surface area contributed by atoms with E-state index in [9.17, 15) is 41.8 Å². The fourth-order valence-corrected chi connectivity index (χ4v) is 5.40. The number of alkyl halides is 3. The van der Waals surface area contributed by atoms with Crippen molar-refractivity contribution < 1.29 is 46.0 Å². The van der Waals surface area contributed by atoms with Crippen LogP contribution in [0.3, 0.4) is 0 Å². The van der Waals surface area contributed by atoms with Crippen LogP contribution in [0.2, 0.25) is 0 Å². The molecule has 2 saturated heterocycles. The zero-order valence-corrected chi connectivity index (χ0v) is 21.9. The third kappa shape index (κ3) is 4.93. The molecule has 4 unspecified atom stereocenters. The van der Waals surface area contributed by atoms with Gasteiger partial charge in [0.25, 0.3) is 0 Å². The molecule has 0 bridgehead atoms. The van der Waals surface area contributed by atoms with Crippen LogP contribution in [0.1, 0.15) is 34.9 Å². The van der Waals surface area contributed by atoms with Crippen molar-refractivity contribution in [3.63, 3.8) is 0 Å². The van der Waals surface area contributed by atoms with Crippen LogP contribution in [0.25, 0.3) is 16.8 Å². The fourth-order valence-electron chi connectivity index (χ4n) is 5.40. The summed E-state index contributed by atoms with van der Waals surface area (Å²) < 4.78 is 97.0. The number of hydrogen-bond acceptors (Lipinski definition) is 8. The number of rotatable bonds is 4. The van der Waals surface area contributed by atoms with Gasteiger partial charge in [0.1, 0.15) is 42.4 Å². The highest BCUT2D eigenvalue weighted by atomic mass is 19.4. The summed E-state index contributed by atoms with van der Waals surface area (Å²) in [4.78, 5) is 4.23. The van der Waals surface area contributed by atoms with Crippen LogP contribution in [-0.4, -0.2) is 65.8 Å². The predicted octanol–water partition coefficient (Wildman–Crippen LogP) is 3.55. The summed E-state index contributed by atoms with van der Waals surface area (Å²) in [6.45, 7) is 1.20. The molecule has 2 fully saturated rings. The van der Waals surface area contributed by atoms with E-state index in [1.54, 1.807) is 6.07 Å². The van der Waals surface area contributed by atoms with Crippen molar-refractivity contribution >= 4 is 0 Å². The molecule has 0 saturated carbocycles. The van der Waals surface area contributed by atoms with Gasteiger partial charge >= 0.3 is 6.18 Å². The van der Waals surface area contributed by atoms with Gasteiger partial charge in [0, 0.05) is 11.8 Å². The third-order valence-electron chi connectivity index (χ3n) is 7.34. The van der Waals surface area contributed by atoms with E-state index in [0.717, 1.165) is 35.0 Å². The molecule has 4 heterocycles. The maximum atomic E-state index is 14.0. The molecule has 6 atom stereocenters. The highest BCUT2D eigenvalue weighted by molar-refractivity contribution is 5.62. The Kier molecular flexibility index (Phi) is 7.00. The fraction of sp³-hybridized carbons (Fsp3) is 0.333.